The van der Waals surface area contributed by atoms with Gasteiger partial charge in [-0.05, 0) is 32.9 Å². The first-order chi connectivity index (χ1) is 10.1. The van der Waals surface area contributed by atoms with Gasteiger partial charge in [0, 0.05) is 5.56 Å². The molecule has 21 heavy (non-hydrogen) atoms. The molecule has 3 rings (SSSR count). The van der Waals surface area contributed by atoms with Crippen LogP contribution in [0.1, 0.15) is 17.0 Å². The van der Waals surface area contributed by atoms with Gasteiger partial charge in [-0.3, -0.25) is 0 Å². The number of aryl methyl sites for hydroxylation is 2. The summed E-state index contributed by atoms with van der Waals surface area (Å²) in [5, 5.41) is 22.5. The summed E-state index contributed by atoms with van der Waals surface area (Å²) < 4.78 is 1.59. The first-order valence-corrected chi connectivity index (χ1v) is 6.72. The van der Waals surface area contributed by atoms with E-state index in [-0.39, 0.29) is 5.75 Å². The molecule has 0 aliphatic heterocycles. The van der Waals surface area contributed by atoms with Crippen molar-refractivity contribution in [1.82, 2.24) is 20.0 Å². The summed E-state index contributed by atoms with van der Waals surface area (Å²) in [4.78, 5) is 0. The highest BCUT2D eigenvalue weighted by atomic mass is 16.3. The van der Waals surface area contributed by atoms with E-state index in [2.05, 4.69) is 15.3 Å². The van der Waals surface area contributed by atoms with E-state index in [1.807, 2.05) is 43.3 Å². The zero-order valence-corrected chi connectivity index (χ0v) is 12.2. The van der Waals surface area contributed by atoms with Crippen molar-refractivity contribution < 1.29 is 5.11 Å². The molecule has 0 unspecified atom stereocenters. The molecule has 0 aliphatic carbocycles. The summed E-state index contributed by atoms with van der Waals surface area (Å²) in [6.07, 6.45) is 0. The van der Waals surface area contributed by atoms with Gasteiger partial charge in [-0.25, -0.2) is 4.68 Å². The van der Waals surface area contributed by atoms with Gasteiger partial charge in [0.05, 0.1) is 11.4 Å². The Labute approximate surface area is 122 Å². The second kappa shape index (κ2) is 5.01. The van der Waals surface area contributed by atoms with Crippen LogP contribution in [-0.4, -0.2) is 25.1 Å². The molecule has 0 spiro atoms. The lowest BCUT2D eigenvalue weighted by Crippen LogP contribution is -2.03. The number of benzene rings is 1. The van der Waals surface area contributed by atoms with Crippen LogP contribution in [0.15, 0.2) is 36.4 Å². The fourth-order valence-corrected chi connectivity index (χ4v) is 2.17. The Morgan fingerprint density at radius 3 is 2.14 bits per heavy atom. The molecule has 106 valence electrons. The molecule has 0 radical (unpaired) electrons. The van der Waals surface area contributed by atoms with Gasteiger partial charge in [-0.15, -0.1) is 10.2 Å². The van der Waals surface area contributed by atoms with Gasteiger partial charge in [0.2, 0.25) is 0 Å². The normalized spacial score (nSPS) is 10.8. The van der Waals surface area contributed by atoms with E-state index in [0.717, 1.165) is 11.3 Å². The van der Waals surface area contributed by atoms with Gasteiger partial charge in [0.15, 0.2) is 11.6 Å². The molecule has 0 fully saturated rings. The van der Waals surface area contributed by atoms with Gasteiger partial charge in [-0.1, -0.05) is 29.8 Å². The number of aromatic hydroxyl groups is 1. The van der Waals surface area contributed by atoms with Crippen LogP contribution < -0.4 is 0 Å². The number of aromatic nitrogens is 4. The lowest BCUT2D eigenvalue weighted by Gasteiger charge is -2.04. The molecule has 0 amide bonds. The topological polar surface area (TPSA) is 63.8 Å². The Hall–Kier alpha value is -2.69. The van der Waals surface area contributed by atoms with Crippen molar-refractivity contribution in [3.63, 3.8) is 0 Å². The van der Waals surface area contributed by atoms with E-state index < -0.39 is 0 Å². The van der Waals surface area contributed by atoms with Crippen molar-refractivity contribution in [3.05, 3.63) is 53.3 Å². The summed E-state index contributed by atoms with van der Waals surface area (Å²) in [5.74, 6) is 0.783. The largest absolute Gasteiger partial charge is 0.504 e. The molecular formula is C16H16N4O. The number of hydrogen-bond donors (Lipinski definition) is 1. The minimum atomic E-state index is 0.194. The Balaban J connectivity index is 1.97. The SMILES string of the molecule is Cc1ccc(-c2ccc(-n3nc(C)c(O)c3C)nn2)cc1. The van der Waals surface area contributed by atoms with Crippen molar-refractivity contribution in [2.75, 3.05) is 0 Å². The van der Waals surface area contributed by atoms with Crippen LogP contribution in [-0.2, 0) is 0 Å². The fraction of sp³-hybridized carbons (Fsp3) is 0.188. The fourth-order valence-electron chi connectivity index (χ4n) is 2.17. The van der Waals surface area contributed by atoms with Crippen LogP contribution in [0, 0.1) is 20.8 Å². The summed E-state index contributed by atoms with van der Waals surface area (Å²) >= 11 is 0. The van der Waals surface area contributed by atoms with Gasteiger partial charge in [-0.2, -0.15) is 5.10 Å². The minimum absolute atomic E-state index is 0.194. The van der Waals surface area contributed by atoms with E-state index in [1.165, 1.54) is 5.56 Å². The highest BCUT2D eigenvalue weighted by Gasteiger charge is 2.12. The molecule has 0 atom stereocenters. The Bertz CT molecular complexity index is 773. The highest BCUT2D eigenvalue weighted by Crippen LogP contribution is 2.23. The first kappa shape index (κ1) is 13.3. The monoisotopic (exact) mass is 280 g/mol. The second-order valence-electron chi connectivity index (χ2n) is 5.07. The quantitative estimate of drug-likeness (QED) is 0.784. The van der Waals surface area contributed by atoms with E-state index >= 15 is 0 Å². The summed E-state index contributed by atoms with van der Waals surface area (Å²) in [5.41, 5.74) is 4.28. The minimum Gasteiger partial charge on any atom is -0.504 e. The van der Waals surface area contributed by atoms with Crippen molar-refractivity contribution in [2.45, 2.75) is 20.8 Å². The molecule has 1 N–H and O–H groups in total. The second-order valence-corrected chi connectivity index (χ2v) is 5.07. The Kier molecular flexibility index (Phi) is 3.17. The van der Waals surface area contributed by atoms with E-state index in [1.54, 1.807) is 18.5 Å². The van der Waals surface area contributed by atoms with Gasteiger partial charge >= 0.3 is 0 Å². The zero-order valence-electron chi connectivity index (χ0n) is 12.2. The summed E-state index contributed by atoms with van der Waals surface area (Å²) in [7, 11) is 0. The molecule has 3 aromatic rings. The average Bonchev–Trinajstić information content (AvgIpc) is 2.76. The molecule has 5 nitrogen and oxygen atoms in total. The van der Waals surface area contributed by atoms with Crippen LogP contribution in [0.5, 0.6) is 5.75 Å². The van der Waals surface area contributed by atoms with Crippen molar-refractivity contribution in [3.8, 4) is 22.8 Å². The third-order valence-corrected chi connectivity index (χ3v) is 3.47. The lowest BCUT2D eigenvalue weighted by molar-refractivity contribution is 0.466. The molecule has 1 aromatic carbocycles. The van der Waals surface area contributed by atoms with Gasteiger partial charge in [0.25, 0.3) is 0 Å². The van der Waals surface area contributed by atoms with Crippen molar-refractivity contribution in [2.24, 2.45) is 0 Å². The first-order valence-electron chi connectivity index (χ1n) is 6.72. The Morgan fingerprint density at radius 1 is 0.905 bits per heavy atom. The zero-order chi connectivity index (χ0) is 15.0. The molecule has 0 bridgehead atoms. The maximum Gasteiger partial charge on any atom is 0.176 e. The third-order valence-electron chi connectivity index (χ3n) is 3.47. The van der Waals surface area contributed by atoms with Gasteiger partial charge < -0.3 is 5.11 Å². The number of rotatable bonds is 2. The highest BCUT2D eigenvalue weighted by molar-refractivity contribution is 5.59. The third kappa shape index (κ3) is 2.38. The number of nitrogens with zero attached hydrogens (tertiary/aromatic N) is 4. The molecule has 2 aromatic heterocycles. The Morgan fingerprint density at radius 2 is 1.62 bits per heavy atom. The molecular weight excluding hydrogens is 264 g/mol. The molecule has 0 saturated carbocycles. The molecule has 0 saturated heterocycles. The molecule has 5 heteroatoms. The van der Waals surface area contributed by atoms with Crippen molar-refractivity contribution >= 4 is 0 Å². The predicted molar refractivity (Wildman–Crippen MR) is 80.5 cm³/mol. The lowest BCUT2D eigenvalue weighted by atomic mass is 10.1. The molecule has 2 heterocycles. The summed E-state index contributed by atoms with van der Waals surface area (Å²) in [6.45, 7) is 5.60. The smallest absolute Gasteiger partial charge is 0.176 e. The van der Waals surface area contributed by atoms with Crippen LogP contribution in [0.4, 0.5) is 0 Å². The maximum atomic E-state index is 9.82. The predicted octanol–water partition coefficient (Wildman–Crippen LogP) is 2.96. The van der Waals surface area contributed by atoms with Crippen LogP contribution in [0.25, 0.3) is 17.1 Å². The van der Waals surface area contributed by atoms with E-state index in [4.69, 9.17) is 0 Å². The van der Waals surface area contributed by atoms with E-state index in [9.17, 15) is 5.11 Å². The molecule has 0 aliphatic rings. The van der Waals surface area contributed by atoms with Crippen LogP contribution >= 0.6 is 0 Å². The van der Waals surface area contributed by atoms with Crippen molar-refractivity contribution in [1.29, 1.82) is 0 Å². The number of hydrogen-bond acceptors (Lipinski definition) is 4. The standard InChI is InChI=1S/C16H16N4O/c1-10-4-6-13(7-5-10)14-8-9-15(18-17-14)20-12(3)16(21)11(2)19-20/h4-9,21H,1-3H3. The summed E-state index contributed by atoms with van der Waals surface area (Å²) in [6, 6.07) is 11.9. The van der Waals surface area contributed by atoms with Crippen LogP contribution in [0.2, 0.25) is 0 Å². The maximum absolute atomic E-state index is 9.82. The average molecular weight is 280 g/mol. The van der Waals surface area contributed by atoms with Crippen LogP contribution in [0.3, 0.4) is 0 Å². The van der Waals surface area contributed by atoms with Gasteiger partial charge in [0.1, 0.15) is 5.69 Å². The van der Waals surface area contributed by atoms with E-state index in [0.29, 0.717) is 17.2 Å².